The zero-order valence-electron chi connectivity index (χ0n) is 9.55. The lowest BCUT2D eigenvalue weighted by atomic mass is 10.1. The molecule has 84 valence electrons. The Morgan fingerprint density at radius 3 is 2.94 bits per heavy atom. The molecule has 1 aromatic heterocycles. The summed E-state index contributed by atoms with van der Waals surface area (Å²) in [7, 11) is 0. The van der Waals surface area contributed by atoms with Gasteiger partial charge in [-0.15, -0.1) is 0 Å². The fraction of sp³-hybridized carbons (Fsp3) is 0.143. The Bertz CT molecular complexity index is 574. The lowest BCUT2D eigenvalue weighted by Crippen LogP contribution is -1.96. The third kappa shape index (κ3) is 2.82. The van der Waals surface area contributed by atoms with E-state index in [-0.39, 0.29) is 5.78 Å². The van der Waals surface area contributed by atoms with Crippen molar-refractivity contribution in [1.82, 2.24) is 9.55 Å². The fourth-order valence-electron chi connectivity index (χ4n) is 1.51. The van der Waals surface area contributed by atoms with Crippen LogP contribution in [0.1, 0.15) is 22.8 Å². The van der Waals surface area contributed by atoms with Gasteiger partial charge in [0.15, 0.2) is 5.78 Å². The van der Waals surface area contributed by atoms with E-state index in [2.05, 4.69) is 16.8 Å². The van der Waals surface area contributed by atoms with E-state index < -0.39 is 0 Å². The maximum absolute atomic E-state index is 11.4. The van der Waals surface area contributed by atoms with Crippen LogP contribution in [0.3, 0.4) is 0 Å². The van der Waals surface area contributed by atoms with Crippen molar-refractivity contribution < 1.29 is 4.79 Å². The van der Waals surface area contributed by atoms with Gasteiger partial charge in [-0.3, -0.25) is 4.79 Å². The number of carbonyl (C=O) groups is 1. The molecule has 2 rings (SSSR count). The lowest BCUT2D eigenvalue weighted by molar-refractivity contribution is 0.101. The summed E-state index contributed by atoms with van der Waals surface area (Å²) in [6.45, 7) is 2.13. The zero-order valence-corrected chi connectivity index (χ0v) is 9.55. The standard InChI is InChI=1S/C14H12N2O/c1-12(17)14-7-3-2-5-13(14)6-4-9-16-10-8-15-11-16/h2-3,5,7-8,10-11H,9H2,1H3. The van der Waals surface area contributed by atoms with Crippen molar-refractivity contribution >= 4 is 5.78 Å². The molecule has 3 nitrogen and oxygen atoms in total. The summed E-state index contributed by atoms with van der Waals surface area (Å²) in [5, 5.41) is 0. The Balaban J connectivity index is 2.19. The number of rotatable bonds is 2. The quantitative estimate of drug-likeness (QED) is 0.578. The summed E-state index contributed by atoms with van der Waals surface area (Å²) in [5.74, 6) is 6.07. The van der Waals surface area contributed by atoms with Crippen LogP contribution in [-0.2, 0) is 6.54 Å². The van der Waals surface area contributed by atoms with Crippen molar-refractivity contribution in [3.8, 4) is 11.8 Å². The maximum Gasteiger partial charge on any atom is 0.161 e. The highest BCUT2D eigenvalue weighted by Crippen LogP contribution is 2.07. The van der Waals surface area contributed by atoms with Crippen LogP contribution < -0.4 is 0 Å². The predicted octanol–water partition coefficient (Wildman–Crippen LogP) is 2.14. The van der Waals surface area contributed by atoms with E-state index >= 15 is 0 Å². The van der Waals surface area contributed by atoms with Crippen LogP contribution in [0.4, 0.5) is 0 Å². The molecule has 0 radical (unpaired) electrons. The highest BCUT2D eigenvalue weighted by molar-refractivity contribution is 5.96. The molecule has 0 atom stereocenters. The summed E-state index contributed by atoms with van der Waals surface area (Å²) in [6, 6.07) is 7.38. The highest BCUT2D eigenvalue weighted by Gasteiger charge is 2.02. The number of hydrogen-bond donors (Lipinski definition) is 0. The normalized spacial score (nSPS) is 9.47. The minimum atomic E-state index is 0.0394. The second-order valence-corrected chi connectivity index (χ2v) is 3.64. The van der Waals surface area contributed by atoms with E-state index in [1.807, 2.05) is 29.0 Å². The minimum Gasteiger partial charge on any atom is -0.326 e. The summed E-state index contributed by atoms with van der Waals surface area (Å²) in [4.78, 5) is 15.3. The largest absolute Gasteiger partial charge is 0.326 e. The van der Waals surface area contributed by atoms with E-state index in [0.717, 1.165) is 5.56 Å². The van der Waals surface area contributed by atoms with Crippen molar-refractivity contribution in [2.45, 2.75) is 13.5 Å². The Hall–Kier alpha value is -2.34. The molecule has 0 saturated carbocycles. The van der Waals surface area contributed by atoms with Gasteiger partial charge in [-0.25, -0.2) is 4.98 Å². The number of Topliss-reactive ketones (excluding diaryl/α,β-unsaturated/α-hetero) is 1. The topological polar surface area (TPSA) is 34.9 Å². The fourth-order valence-corrected chi connectivity index (χ4v) is 1.51. The van der Waals surface area contributed by atoms with Gasteiger partial charge in [0.25, 0.3) is 0 Å². The molecule has 0 spiro atoms. The predicted molar refractivity (Wildman–Crippen MR) is 65.6 cm³/mol. The van der Waals surface area contributed by atoms with Gasteiger partial charge in [0.1, 0.15) is 0 Å². The SMILES string of the molecule is CC(=O)c1ccccc1C#CCn1ccnc1. The van der Waals surface area contributed by atoms with E-state index in [1.165, 1.54) is 0 Å². The van der Waals surface area contributed by atoms with Gasteiger partial charge in [-0.05, 0) is 13.0 Å². The Morgan fingerprint density at radius 1 is 1.41 bits per heavy atom. The number of nitrogens with zero attached hydrogens (tertiary/aromatic N) is 2. The molecule has 0 aliphatic heterocycles. The number of hydrogen-bond acceptors (Lipinski definition) is 2. The van der Waals surface area contributed by atoms with Gasteiger partial charge < -0.3 is 4.57 Å². The van der Waals surface area contributed by atoms with Crippen molar-refractivity contribution in [1.29, 1.82) is 0 Å². The Kier molecular flexibility index (Phi) is 3.37. The number of benzene rings is 1. The van der Waals surface area contributed by atoms with Gasteiger partial charge in [0.2, 0.25) is 0 Å². The maximum atomic E-state index is 11.4. The zero-order chi connectivity index (χ0) is 12.1. The first-order valence-electron chi connectivity index (χ1n) is 5.32. The van der Waals surface area contributed by atoms with E-state index in [1.54, 1.807) is 25.5 Å². The smallest absolute Gasteiger partial charge is 0.161 e. The molecule has 1 aromatic carbocycles. The first-order chi connectivity index (χ1) is 8.27. The van der Waals surface area contributed by atoms with Crippen molar-refractivity contribution in [3.63, 3.8) is 0 Å². The molecule has 2 aromatic rings. The molecule has 0 fully saturated rings. The first-order valence-corrected chi connectivity index (χ1v) is 5.32. The molecule has 0 saturated heterocycles. The van der Waals surface area contributed by atoms with Gasteiger partial charge in [-0.2, -0.15) is 0 Å². The summed E-state index contributed by atoms with van der Waals surface area (Å²) in [6.07, 6.45) is 5.28. The van der Waals surface area contributed by atoms with Crippen LogP contribution in [0, 0.1) is 11.8 Å². The monoisotopic (exact) mass is 224 g/mol. The molecule has 0 aliphatic rings. The summed E-state index contributed by atoms with van der Waals surface area (Å²) in [5.41, 5.74) is 1.45. The number of carbonyl (C=O) groups excluding carboxylic acids is 1. The van der Waals surface area contributed by atoms with Gasteiger partial charge >= 0.3 is 0 Å². The number of aromatic nitrogens is 2. The second-order valence-electron chi connectivity index (χ2n) is 3.64. The highest BCUT2D eigenvalue weighted by atomic mass is 16.1. The third-order valence-electron chi connectivity index (χ3n) is 2.35. The van der Waals surface area contributed by atoms with Gasteiger partial charge in [0, 0.05) is 23.5 Å². The van der Waals surface area contributed by atoms with Crippen LogP contribution in [0.15, 0.2) is 43.0 Å². The van der Waals surface area contributed by atoms with Crippen LogP contribution in [0.25, 0.3) is 0 Å². The molecule has 0 unspecified atom stereocenters. The number of imidazole rings is 1. The molecule has 0 bridgehead atoms. The average molecular weight is 224 g/mol. The van der Waals surface area contributed by atoms with Gasteiger partial charge in [0.05, 0.1) is 12.9 Å². The number of ketones is 1. The Labute approximate surface area is 100 Å². The molecular weight excluding hydrogens is 212 g/mol. The molecule has 17 heavy (non-hydrogen) atoms. The summed E-state index contributed by atoms with van der Waals surface area (Å²) >= 11 is 0. The second kappa shape index (κ2) is 5.13. The van der Waals surface area contributed by atoms with Crippen LogP contribution in [0.2, 0.25) is 0 Å². The molecule has 0 N–H and O–H groups in total. The van der Waals surface area contributed by atoms with Crippen molar-refractivity contribution in [2.24, 2.45) is 0 Å². The van der Waals surface area contributed by atoms with Crippen LogP contribution in [-0.4, -0.2) is 15.3 Å². The molecule has 0 amide bonds. The van der Waals surface area contributed by atoms with Crippen molar-refractivity contribution in [3.05, 3.63) is 54.1 Å². The first kappa shape index (κ1) is 11.2. The molecule has 3 heteroatoms. The molecular formula is C14H12N2O. The van der Waals surface area contributed by atoms with E-state index in [4.69, 9.17) is 0 Å². The van der Waals surface area contributed by atoms with E-state index in [0.29, 0.717) is 12.1 Å². The van der Waals surface area contributed by atoms with Crippen LogP contribution in [0.5, 0.6) is 0 Å². The van der Waals surface area contributed by atoms with E-state index in [9.17, 15) is 4.79 Å². The Morgan fingerprint density at radius 2 is 2.24 bits per heavy atom. The van der Waals surface area contributed by atoms with Crippen LogP contribution >= 0.6 is 0 Å². The lowest BCUT2D eigenvalue weighted by Gasteiger charge is -1.98. The average Bonchev–Trinajstić information content (AvgIpc) is 2.82. The summed E-state index contributed by atoms with van der Waals surface area (Å²) < 4.78 is 1.88. The molecule has 0 aliphatic carbocycles. The van der Waals surface area contributed by atoms with Gasteiger partial charge in [-0.1, -0.05) is 30.0 Å². The molecule has 1 heterocycles. The van der Waals surface area contributed by atoms with Crippen molar-refractivity contribution in [2.75, 3.05) is 0 Å². The minimum absolute atomic E-state index is 0.0394. The third-order valence-corrected chi connectivity index (χ3v) is 2.35.